The zero-order valence-electron chi connectivity index (χ0n) is 7.47. The molecule has 2 saturated heterocycles. The van der Waals surface area contributed by atoms with Crippen LogP contribution in [-0.4, -0.2) is 48.2 Å². The summed E-state index contributed by atoms with van der Waals surface area (Å²) in [5.41, 5.74) is 0. The minimum absolute atomic E-state index is 0.216. The average molecular weight is 187 g/mol. The van der Waals surface area contributed by atoms with Crippen molar-refractivity contribution in [1.82, 2.24) is 4.90 Å². The van der Waals surface area contributed by atoms with Gasteiger partial charge in [-0.3, -0.25) is 4.90 Å². The number of piperidine rings is 1. The van der Waals surface area contributed by atoms with Gasteiger partial charge in [-0.2, -0.15) is 0 Å². The van der Waals surface area contributed by atoms with Crippen LogP contribution in [0.25, 0.3) is 0 Å². The molecule has 3 atom stereocenters. The quantitative estimate of drug-likeness (QED) is 0.624. The van der Waals surface area contributed by atoms with Gasteiger partial charge in [-0.25, -0.2) is 4.79 Å². The first kappa shape index (κ1) is 8.77. The smallest absolute Gasteiger partial charge is 0.412 e. The van der Waals surface area contributed by atoms with E-state index in [0.717, 1.165) is 0 Å². The van der Waals surface area contributed by atoms with Crippen LogP contribution in [0.1, 0.15) is 12.8 Å². The highest BCUT2D eigenvalue weighted by molar-refractivity contribution is 5.70. The Morgan fingerprint density at radius 3 is 3.08 bits per heavy atom. The number of carbonyl (C=O) groups excluding carboxylic acids is 1. The number of aliphatic hydroxyl groups is 1. The number of fused-ring (bicyclic) bond motifs is 1. The summed E-state index contributed by atoms with van der Waals surface area (Å²) in [6, 6.07) is -0.216. The minimum Gasteiger partial charge on any atom is -0.447 e. The number of ether oxygens (including phenoxy) is 2. The third-order valence-electron chi connectivity index (χ3n) is 2.68. The van der Waals surface area contributed by atoms with E-state index in [4.69, 9.17) is 9.47 Å². The van der Waals surface area contributed by atoms with Crippen LogP contribution in [-0.2, 0) is 9.47 Å². The van der Waals surface area contributed by atoms with Gasteiger partial charge < -0.3 is 14.6 Å². The third-order valence-corrected chi connectivity index (χ3v) is 2.68. The Bertz CT molecular complexity index is 220. The molecule has 1 amide bonds. The number of aliphatic hydroxyl groups excluding tert-OH is 1. The van der Waals surface area contributed by atoms with Gasteiger partial charge in [0.15, 0.2) is 0 Å². The molecule has 0 bridgehead atoms. The molecule has 13 heavy (non-hydrogen) atoms. The molecule has 74 valence electrons. The van der Waals surface area contributed by atoms with Crippen LogP contribution in [0.2, 0.25) is 0 Å². The zero-order chi connectivity index (χ0) is 9.42. The van der Waals surface area contributed by atoms with Crippen molar-refractivity contribution in [1.29, 1.82) is 0 Å². The van der Waals surface area contributed by atoms with Crippen molar-refractivity contribution in [3.05, 3.63) is 0 Å². The Balaban J connectivity index is 2.16. The highest BCUT2D eigenvalue weighted by Gasteiger charge is 2.45. The summed E-state index contributed by atoms with van der Waals surface area (Å²) in [6.45, 7) is 0.278. The van der Waals surface area contributed by atoms with E-state index in [9.17, 15) is 9.90 Å². The number of methoxy groups -OCH3 is 1. The summed E-state index contributed by atoms with van der Waals surface area (Å²) in [5, 5.41) is 9.58. The van der Waals surface area contributed by atoms with Gasteiger partial charge in [-0.05, 0) is 12.8 Å². The number of hydrogen-bond acceptors (Lipinski definition) is 4. The van der Waals surface area contributed by atoms with Gasteiger partial charge >= 0.3 is 6.09 Å². The summed E-state index contributed by atoms with van der Waals surface area (Å²) < 4.78 is 9.99. The van der Waals surface area contributed by atoms with E-state index >= 15 is 0 Å². The number of nitrogens with zero attached hydrogens (tertiary/aromatic N) is 1. The second-order valence-electron chi connectivity index (χ2n) is 3.39. The molecule has 2 aliphatic heterocycles. The first-order valence-corrected chi connectivity index (χ1v) is 4.40. The predicted octanol–water partition coefficient (Wildman–Crippen LogP) is -0.0656. The van der Waals surface area contributed by atoms with Crippen molar-refractivity contribution >= 4 is 6.09 Å². The zero-order valence-corrected chi connectivity index (χ0v) is 7.47. The molecule has 5 nitrogen and oxygen atoms in total. The highest BCUT2D eigenvalue weighted by atomic mass is 16.6. The summed E-state index contributed by atoms with van der Waals surface area (Å²) >= 11 is 0. The van der Waals surface area contributed by atoms with Crippen LogP contribution in [0.4, 0.5) is 4.79 Å². The Kier molecular flexibility index (Phi) is 2.13. The molecule has 0 aromatic heterocycles. The lowest BCUT2D eigenvalue weighted by molar-refractivity contribution is -0.0816. The van der Waals surface area contributed by atoms with Crippen molar-refractivity contribution in [2.24, 2.45) is 0 Å². The standard InChI is InChI=1S/C8H13NO4/c1-12-7-3-2-6(10)5-4-13-8(11)9(5)7/h5-7,10H,2-4H2,1H3. The fourth-order valence-electron chi connectivity index (χ4n) is 1.95. The van der Waals surface area contributed by atoms with Crippen LogP contribution >= 0.6 is 0 Å². The first-order valence-electron chi connectivity index (χ1n) is 4.40. The van der Waals surface area contributed by atoms with Crippen LogP contribution in [0.5, 0.6) is 0 Å². The highest BCUT2D eigenvalue weighted by Crippen LogP contribution is 2.28. The molecule has 0 radical (unpaired) electrons. The van der Waals surface area contributed by atoms with Gasteiger partial charge in [0, 0.05) is 7.11 Å². The first-order chi connectivity index (χ1) is 6.24. The number of carbonyl (C=O) groups is 1. The molecule has 5 heteroatoms. The Morgan fingerprint density at radius 2 is 2.38 bits per heavy atom. The molecular formula is C8H13NO4. The van der Waals surface area contributed by atoms with Crippen molar-refractivity contribution < 1.29 is 19.4 Å². The van der Waals surface area contributed by atoms with E-state index in [2.05, 4.69) is 0 Å². The summed E-state index contributed by atoms with van der Waals surface area (Å²) in [6.07, 6.45) is 0.247. The van der Waals surface area contributed by atoms with Crippen LogP contribution in [0, 0.1) is 0 Å². The van der Waals surface area contributed by atoms with E-state index in [0.29, 0.717) is 12.8 Å². The van der Waals surface area contributed by atoms with Gasteiger partial charge in [0.25, 0.3) is 0 Å². The fourth-order valence-corrected chi connectivity index (χ4v) is 1.95. The number of cyclic esters (lactones) is 1. The van der Waals surface area contributed by atoms with Crippen molar-refractivity contribution in [3.63, 3.8) is 0 Å². The lowest BCUT2D eigenvalue weighted by atomic mass is 9.99. The lowest BCUT2D eigenvalue weighted by Gasteiger charge is -2.36. The fraction of sp³-hybridized carbons (Fsp3) is 0.875. The lowest BCUT2D eigenvalue weighted by Crippen LogP contribution is -2.52. The maximum absolute atomic E-state index is 11.2. The number of rotatable bonds is 1. The molecule has 0 aromatic rings. The molecule has 2 aliphatic rings. The second-order valence-corrected chi connectivity index (χ2v) is 3.39. The molecule has 0 spiro atoms. The number of hydrogen-bond donors (Lipinski definition) is 1. The van der Waals surface area contributed by atoms with E-state index in [1.165, 1.54) is 4.90 Å². The predicted molar refractivity (Wildman–Crippen MR) is 43.0 cm³/mol. The number of amides is 1. The molecule has 0 saturated carbocycles. The average Bonchev–Trinajstić information content (AvgIpc) is 2.51. The van der Waals surface area contributed by atoms with E-state index in [1.54, 1.807) is 7.11 Å². The Hall–Kier alpha value is -0.810. The van der Waals surface area contributed by atoms with Crippen LogP contribution < -0.4 is 0 Å². The molecular weight excluding hydrogens is 174 g/mol. The van der Waals surface area contributed by atoms with Gasteiger partial charge in [0.05, 0.1) is 12.1 Å². The Morgan fingerprint density at radius 1 is 1.62 bits per heavy atom. The van der Waals surface area contributed by atoms with Crippen LogP contribution in [0.15, 0.2) is 0 Å². The molecule has 2 fully saturated rings. The van der Waals surface area contributed by atoms with Gasteiger partial charge in [-0.1, -0.05) is 0 Å². The van der Waals surface area contributed by atoms with Crippen molar-refractivity contribution in [2.75, 3.05) is 13.7 Å². The third kappa shape index (κ3) is 1.28. The molecule has 2 heterocycles. The topological polar surface area (TPSA) is 59.0 Å². The normalized spacial score (nSPS) is 38.8. The molecule has 2 rings (SSSR count). The van der Waals surface area contributed by atoms with E-state index in [-0.39, 0.29) is 25.0 Å². The second kappa shape index (κ2) is 3.16. The van der Waals surface area contributed by atoms with E-state index in [1.807, 2.05) is 0 Å². The maximum atomic E-state index is 11.2. The van der Waals surface area contributed by atoms with Crippen molar-refractivity contribution in [2.45, 2.75) is 31.2 Å². The Labute approximate surface area is 76.2 Å². The van der Waals surface area contributed by atoms with Crippen LogP contribution in [0.3, 0.4) is 0 Å². The molecule has 0 aliphatic carbocycles. The van der Waals surface area contributed by atoms with Gasteiger partial charge in [0.2, 0.25) is 0 Å². The minimum atomic E-state index is -0.474. The van der Waals surface area contributed by atoms with Crippen molar-refractivity contribution in [3.8, 4) is 0 Å². The van der Waals surface area contributed by atoms with Gasteiger partial charge in [-0.15, -0.1) is 0 Å². The maximum Gasteiger partial charge on any atom is 0.412 e. The molecule has 3 unspecified atom stereocenters. The molecule has 0 aromatic carbocycles. The SMILES string of the molecule is COC1CCC(O)C2COC(=O)N12. The largest absolute Gasteiger partial charge is 0.447 e. The van der Waals surface area contributed by atoms with E-state index < -0.39 is 6.10 Å². The summed E-state index contributed by atoms with van der Waals surface area (Å²) in [4.78, 5) is 12.7. The summed E-state index contributed by atoms with van der Waals surface area (Å²) in [7, 11) is 1.56. The van der Waals surface area contributed by atoms with Gasteiger partial charge in [0.1, 0.15) is 12.8 Å². The monoisotopic (exact) mass is 187 g/mol. The molecule has 1 N–H and O–H groups in total. The summed E-state index contributed by atoms with van der Waals surface area (Å²) in [5.74, 6) is 0.